The first-order valence-electron chi connectivity index (χ1n) is 6.72. The van der Waals surface area contributed by atoms with Gasteiger partial charge in [-0.3, -0.25) is 14.5 Å². The van der Waals surface area contributed by atoms with E-state index in [1.165, 1.54) is 0 Å². The molecule has 0 unspecified atom stereocenters. The maximum atomic E-state index is 12.5. The van der Waals surface area contributed by atoms with Crippen molar-refractivity contribution in [2.45, 2.75) is 40.3 Å². The predicted molar refractivity (Wildman–Crippen MR) is 76.1 cm³/mol. The third-order valence-electron chi connectivity index (χ3n) is 2.78. The zero-order chi connectivity index (χ0) is 14.7. The molecule has 20 heavy (non-hydrogen) atoms. The Labute approximate surface area is 118 Å². The number of ketones is 1. The minimum Gasteiger partial charge on any atom is -0.489 e. The van der Waals surface area contributed by atoms with Gasteiger partial charge in [-0.1, -0.05) is 0 Å². The molecule has 0 aliphatic carbocycles. The van der Waals surface area contributed by atoms with Crippen LogP contribution < -0.4 is 4.74 Å². The van der Waals surface area contributed by atoms with E-state index in [-0.39, 0.29) is 11.9 Å². The highest BCUT2D eigenvalue weighted by atomic mass is 16.5. The van der Waals surface area contributed by atoms with Crippen molar-refractivity contribution < 1.29 is 9.53 Å². The van der Waals surface area contributed by atoms with Crippen LogP contribution in [0.1, 0.15) is 42.5 Å². The molecule has 0 aliphatic heterocycles. The van der Waals surface area contributed by atoms with Gasteiger partial charge in [0, 0.05) is 18.3 Å². The second kappa shape index (κ2) is 5.86. The SMILES string of the molecule is CCn1nc(C)cc1C(=O)c1cncc(OC(C)C)c1. The molecule has 0 amide bonds. The second-order valence-corrected chi connectivity index (χ2v) is 4.89. The van der Waals surface area contributed by atoms with Gasteiger partial charge in [-0.15, -0.1) is 0 Å². The largest absolute Gasteiger partial charge is 0.489 e. The van der Waals surface area contributed by atoms with E-state index < -0.39 is 0 Å². The number of pyridine rings is 1. The smallest absolute Gasteiger partial charge is 0.212 e. The highest BCUT2D eigenvalue weighted by Gasteiger charge is 2.16. The summed E-state index contributed by atoms with van der Waals surface area (Å²) in [7, 11) is 0. The number of ether oxygens (including phenoxy) is 1. The molecule has 2 rings (SSSR count). The average molecular weight is 273 g/mol. The van der Waals surface area contributed by atoms with E-state index in [0.29, 0.717) is 23.6 Å². The molecule has 2 aromatic rings. The lowest BCUT2D eigenvalue weighted by Gasteiger charge is -2.10. The highest BCUT2D eigenvalue weighted by Crippen LogP contribution is 2.17. The summed E-state index contributed by atoms with van der Waals surface area (Å²) in [4.78, 5) is 16.6. The van der Waals surface area contributed by atoms with Crippen molar-refractivity contribution in [1.82, 2.24) is 14.8 Å². The van der Waals surface area contributed by atoms with Gasteiger partial charge in [-0.25, -0.2) is 0 Å². The van der Waals surface area contributed by atoms with Crippen LogP contribution >= 0.6 is 0 Å². The van der Waals surface area contributed by atoms with Crippen LogP contribution in [-0.4, -0.2) is 26.7 Å². The van der Waals surface area contributed by atoms with Crippen molar-refractivity contribution in [1.29, 1.82) is 0 Å². The van der Waals surface area contributed by atoms with Crippen LogP contribution in [0.15, 0.2) is 24.5 Å². The van der Waals surface area contributed by atoms with Crippen LogP contribution in [0.5, 0.6) is 5.75 Å². The number of hydrogen-bond acceptors (Lipinski definition) is 4. The normalized spacial score (nSPS) is 10.8. The first-order valence-corrected chi connectivity index (χ1v) is 6.72. The Bertz CT molecular complexity index is 617. The van der Waals surface area contributed by atoms with E-state index in [1.807, 2.05) is 27.7 Å². The van der Waals surface area contributed by atoms with Crippen LogP contribution in [0.3, 0.4) is 0 Å². The van der Waals surface area contributed by atoms with Crippen LogP contribution in [0.4, 0.5) is 0 Å². The van der Waals surface area contributed by atoms with E-state index >= 15 is 0 Å². The fourth-order valence-electron chi connectivity index (χ4n) is 2.00. The molecular formula is C15H19N3O2. The van der Waals surface area contributed by atoms with Gasteiger partial charge in [0.05, 0.1) is 18.0 Å². The molecule has 5 heteroatoms. The zero-order valence-corrected chi connectivity index (χ0v) is 12.3. The number of carbonyl (C=O) groups excluding carboxylic acids is 1. The summed E-state index contributed by atoms with van der Waals surface area (Å²) in [6.45, 7) is 8.36. The Morgan fingerprint density at radius 3 is 2.75 bits per heavy atom. The molecule has 0 bridgehead atoms. The first-order chi connectivity index (χ1) is 9.51. The Morgan fingerprint density at radius 2 is 2.10 bits per heavy atom. The number of hydrogen-bond donors (Lipinski definition) is 0. The number of carbonyl (C=O) groups is 1. The van der Waals surface area contributed by atoms with Crippen molar-refractivity contribution in [2.75, 3.05) is 0 Å². The summed E-state index contributed by atoms with van der Waals surface area (Å²) < 4.78 is 7.27. The molecule has 2 heterocycles. The van der Waals surface area contributed by atoms with Gasteiger partial charge < -0.3 is 4.74 Å². The topological polar surface area (TPSA) is 57.0 Å². The summed E-state index contributed by atoms with van der Waals surface area (Å²) in [6.07, 6.45) is 3.21. The van der Waals surface area contributed by atoms with Crippen molar-refractivity contribution in [2.24, 2.45) is 0 Å². The number of aromatic nitrogens is 3. The number of aryl methyl sites for hydroxylation is 2. The minimum atomic E-state index is -0.0887. The number of nitrogens with zero attached hydrogens (tertiary/aromatic N) is 3. The summed E-state index contributed by atoms with van der Waals surface area (Å²) in [6, 6.07) is 3.51. The van der Waals surface area contributed by atoms with Gasteiger partial charge in [0.2, 0.25) is 5.78 Å². The lowest BCUT2D eigenvalue weighted by molar-refractivity contribution is 0.102. The molecule has 106 valence electrons. The van der Waals surface area contributed by atoms with Gasteiger partial charge in [-0.05, 0) is 39.8 Å². The number of rotatable bonds is 5. The van der Waals surface area contributed by atoms with Crippen LogP contribution in [0.2, 0.25) is 0 Å². The third-order valence-corrected chi connectivity index (χ3v) is 2.78. The van der Waals surface area contributed by atoms with Crippen molar-refractivity contribution in [3.05, 3.63) is 41.5 Å². The zero-order valence-electron chi connectivity index (χ0n) is 12.3. The molecule has 0 saturated carbocycles. The monoisotopic (exact) mass is 273 g/mol. The molecule has 0 spiro atoms. The van der Waals surface area contributed by atoms with Crippen LogP contribution in [-0.2, 0) is 6.54 Å². The Hall–Kier alpha value is -2.17. The Kier molecular flexibility index (Phi) is 4.17. The van der Waals surface area contributed by atoms with Gasteiger partial charge >= 0.3 is 0 Å². The lowest BCUT2D eigenvalue weighted by Crippen LogP contribution is -2.12. The van der Waals surface area contributed by atoms with E-state index in [4.69, 9.17) is 4.74 Å². The maximum absolute atomic E-state index is 12.5. The Balaban J connectivity index is 2.33. The van der Waals surface area contributed by atoms with E-state index in [0.717, 1.165) is 5.69 Å². The van der Waals surface area contributed by atoms with Crippen LogP contribution in [0.25, 0.3) is 0 Å². The summed E-state index contributed by atoms with van der Waals surface area (Å²) in [5.74, 6) is 0.513. The minimum absolute atomic E-state index is 0.0468. The predicted octanol–water partition coefficient (Wildman–Crippen LogP) is 2.62. The van der Waals surface area contributed by atoms with E-state index in [2.05, 4.69) is 10.1 Å². The van der Waals surface area contributed by atoms with Crippen molar-refractivity contribution in [3.63, 3.8) is 0 Å². The fraction of sp³-hybridized carbons (Fsp3) is 0.400. The van der Waals surface area contributed by atoms with Crippen molar-refractivity contribution in [3.8, 4) is 5.75 Å². The van der Waals surface area contributed by atoms with Gasteiger partial charge in [0.15, 0.2) is 0 Å². The molecule has 0 aromatic carbocycles. The van der Waals surface area contributed by atoms with E-state index in [1.54, 1.807) is 29.2 Å². The van der Waals surface area contributed by atoms with E-state index in [9.17, 15) is 4.79 Å². The molecule has 0 atom stereocenters. The third kappa shape index (κ3) is 3.04. The summed E-state index contributed by atoms with van der Waals surface area (Å²) in [5, 5.41) is 4.29. The molecule has 2 aromatic heterocycles. The van der Waals surface area contributed by atoms with Gasteiger partial charge in [0.25, 0.3) is 0 Å². The summed E-state index contributed by atoms with van der Waals surface area (Å²) >= 11 is 0. The molecule has 0 saturated heterocycles. The van der Waals surface area contributed by atoms with Gasteiger partial charge in [0.1, 0.15) is 11.4 Å². The first kappa shape index (κ1) is 14.2. The molecule has 5 nitrogen and oxygen atoms in total. The average Bonchev–Trinajstić information content (AvgIpc) is 2.78. The second-order valence-electron chi connectivity index (χ2n) is 4.89. The summed E-state index contributed by atoms with van der Waals surface area (Å²) in [5.41, 5.74) is 1.92. The lowest BCUT2D eigenvalue weighted by atomic mass is 10.1. The van der Waals surface area contributed by atoms with Gasteiger partial charge in [-0.2, -0.15) is 5.10 Å². The quantitative estimate of drug-likeness (QED) is 0.786. The highest BCUT2D eigenvalue weighted by molar-refractivity contribution is 6.07. The molecule has 0 aliphatic rings. The molecular weight excluding hydrogens is 254 g/mol. The maximum Gasteiger partial charge on any atom is 0.212 e. The molecule has 0 radical (unpaired) electrons. The van der Waals surface area contributed by atoms with Crippen molar-refractivity contribution >= 4 is 5.78 Å². The molecule has 0 N–H and O–H groups in total. The fourth-order valence-corrected chi connectivity index (χ4v) is 2.00. The standard InChI is InChI=1S/C15H19N3O2/c1-5-18-14(6-11(4)17-18)15(19)12-7-13(9-16-8-12)20-10(2)3/h6-10H,5H2,1-4H3. The van der Waals surface area contributed by atoms with Crippen LogP contribution in [0, 0.1) is 6.92 Å². The Morgan fingerprint density at radius 1 is 1.35 bits per heavy atom. The molecule has 0 fully saturated rings.